The van der Waals surface area contributed by atoms with Gasteiger partial charge < -0.3 is 30.0 Å². The number of fused-ring (bicyclic) bond motifs is 1. The van der Waals surface area contributed by atoms with Crippen molar-refractivity contribution < 1.29 is 24.1 Å². The topological polar surface area (TPSA) is 94.3 Å². The molecule has 0 bridgehead atoms. The second-order valence-electron chi connectivity index (χ2n) is 7.93. The van der Waals surface area contributed by atoms with E-state index in [1.54, 1.807) is 17.0 Å². The van der Waals surface area contributed by atoms with Crippen LogP contribution in [0.4, 0.5) is 5.69 Å². The van der Waals surface area contributed by atoms with Gasteiger partial charge in [0.15, 0.2) is 11.5 Å². The van der Waals surface area contributed by atoms with Crippen molar-refractivity contribution in [1.82, 2.24) is 0 Å². The predicted molar refractivity (Wildman–Crippen MR) is 122 cm³/mol. The van der Waals surface area contributed by atoms with Gasteiger partial charge in [-0.3, -0.25) is 4.79 Å². The third kappa shape index (κ3) is 4.33. The third-order valence-corrected chi connectivity index (χ3v) is 6.88. The molecule has 0 aromatic heterocycles. The van der Waals surface area contributed by atoms with E-state index < -0.39 is 16.9 Å². The van der Waals surface area contributed by atoms with Gasteiger partial charge in [0.2, 0.25) is 5.75 Å². The summed E-state index contributed by atoms with van der Waals surface area (Å²) in [7, 11) is 4.61. The molecule has 0 radical (unpaired) electrons. The number of benzene rings is 2. The highest BCUT2D eigenvalue weighted by Crippen LogP contribution is 2.50. The fourth-order valence-electron chi connectivity index (χ4n) is 3.93. The van der Waals surface area contributed by atoms with E-state index in [-0.39, 0.29) is 5.91 Å². The van der Waals surface area contributed by atoms with E-state index in [0.717, 1.165) is 10.6 Å². The van der Waals surface area contributed by atoms with Gasteiger partial charge in [0.05, 0.1) is 32.3 Å². The number of carbonyl (C=O) groups is 1. The first-order valence-electron chi connectivity index (χ1n) is 10.1. The number of ether oxygens (including phenoxy) is 3. The van der Waals surface area contributed by atoms with E-state index in [1.807, 2.05) is 38.1 Å². The minimum atomic E-state index is -1.28. The van der Waals surface area contributed by atoms with Crippen LogP contribution in [0.1, 0.15) is 31.1 Å². The summed E-state index contributed by atoms with van der Waals surface area (Å²) in [5.41, 5.74) is 6.73. The molecule has 2 unspecified atom stereocenters. The van der Waals surface area contributed by atoms with E-state index in [1.165, 1.54) is 33.1 Å². The van der Waals surface area contributed by atoms with Gasteiger partial charge in [-0.1, -0.05) is 12.1 Å². The number of para-hydroxylation sites is 1. The van der Waals surface area contributed by atoms with Gasteiger partial charge in [0.1, 0.15) is 6.10 Å². The number of thioether (sulfide) groups is 1. The third-order valence-electron chi connectivity index (χ3n) is 5.50. The summed E-state index contributed by atoms with van der Waals surface area (Å²) in [4.78, 5) is 16.2. The Morgan fingerprint density at radius 2 is 1.71 bits per heavy atom. The molecule has 8 heteroatoms. The smallest absolute Gasteiger partial charge is 0.257 e. The van der Waals surface area contributed by atoms with Crippen LogP contribution in [0.15, 0.2) is 41.3 Å². The lowest BCUT2D eigenvalue weighted by atomic mass is 9.95. The van der Waals surface area contributed by atoms with Crippen molar-refractivity contribution >= 4 is 23.4 Å². The van der Waals surface area contributed by atoms with E-state index >= 15 is 0 Å². The first kappa shape index (κ1) is 23.2. The number of carbonyl (C=O) groups excluding carboxylic acids is 1. The Morgan fingerprint density at radius 3 is 2.26 bits per heavy atom. The van der Waals surface area contributed by atoms with Gasteiger partial charge in [-0.05, 0) is 56.6 Å². The molecule has 1 heterocycles. The Hall–Kier alpha value is -2.42. The van der Waals surface area contributed by atoms with Gasteiger partial charge in [-0.15, -0.1) is 11.8 Å². The number of aliphatic hydroxyl groups is 1. The quantitative estimate of drug-likeness (QED) is 0.673. The zero-order valence-corrected chi connectivity index (χ0v) is 19.4. The lowest BCUT2D eigenvalue weighted by molar-refractivity contribution is -0.127. The van der Waals surface area contributed by atoms with Gasteiger partial charge >= 0.3 is 0 Å². The van der Waals surface area contributed by atoms with Crippen molar-refractivity contribution in [3.63, 3.8) is 0 Å². The second kappa shape index (κ2) is 9.38. The van der Waals surface area contributed by atoms with E-state index in [2.05, 4.69) is 0 Å². The highest BCUT2D eigenvalue weighted by atomic mass is 32.2. The minimum Gasteiger partial charge on any atom is -0.493 e. The highest BCUT2D eigenvalue weighted by molar-refractivity contribution is 7.99. The van der Waals surface area contributed by atoms with Crippen molar-refractivity contribution in [2.45, 2.75) is 42.1 Å². The number of nitrogens with two attached hydrogens (primary N) is 1. The molecule has 0 spiro atoms. The largest absolute Gasteiger partial charge is 0.493 e. The molecule has 0 aliphatic carbocycles. The average molecular weight is 447 g/mol. The Morgan fingerprint density at radius 1 is 1.10 bits per heavy atom. The molecule has 0 saturated carbocycles. The Labute approximate surface area is 187 Å². The molecular weight excluding hydrogens is 416 g/mol. The Balaban J connectivity index is 2.15. The molecule has 7 nitrogen and oxygen atoms in total. The van der Waals surface area contributed by atoms with Crippen LogP contribution in [0.5, 0.6) is 17.2 Å². The summed E-state index contributed by atoms with van der Waals surface area (Å²) in [6, 6.07) is 11.2. The van der Waals surface area contributed by atoms with Crippen LogP contribution in [-0.2, 0) is 4.79 Å². The van der Waals surface area contributed by atoms with Crippen LogP contribution in [-0.4, -0.2) is 50.5 Å². The lowest BCUT2D eigenvalue weighted by Gasteiger charge is -2.39. The maximum atomic E-state index is 13.6. The van der Waals surface area contributed by atoms with E-state index in [0.29, 0.717) is 35.8 Å². The van der Waals surface area contributed by atoms with Crippen LogP contribution in [0.3, 0.4) is 0 Å². The molecular formula is C23H30N2O5S. The maximum Gasteiger partial charge on any atom is 0.257 e. The predicted octanol–water partition coefficient (Wildman–Crippen LogP) is 3.38. The van der Waals surface area contributed by atoms with Gasteiger partial charge in [-0.2, -0.15) is 0 Å². The molecule has 2 aromatic carbocycles. The summed E-state index contributed by atoms with van der Waals surface area (Å²) < 4.78 is 16.4. The molecule has 2 aromatic rings. The number of methoxy groups -OCH3 is 3. The molecule has 168 valence electrons. The minimum absolute atomic E-state index is 0.366. The molecule has 1 aliphatic rings. The number of amides is 1. The SMILES string of the molecule is COc1cc(C2Sc3ccccc3N(C(C)(C)CCN)C(=O)C2O)cc(OC)c1OC. The standard InChI is InChI=1S/C23H30N2O5S/c1-23(2,10-11-24)25-15-8-6-7-9-18(15)31-21(19(26)22(25)27)14-12-16(28-3)20(30-5)17(13-14)29-4/h6-9,12-13,19,21,26H,10-11,24H2,1-5H3. The van der Waals surface area contributed by atoms with Crippen LogP contribution >= 0.6 is 11.8 Å². The average Bonchev–Trinajstić information content (AvgIpc) is 2.87. The summed E-state index contributed by atoms with van der Waals surface area (Å²) in [5.74, 6) is 1.03. The Kier molecular flexibility index (Phi) is 7.03. The van der Waals surface area contributed by atoms with Crippen molar-refractivity contribution in [1.29, 1.82) is 0 Å². The fraction of sp³-hybridized carbons (Fsp3) is 0.435. The van der Waals surface area contributed by atoms with Gasteiger partial charge in [0.25, 0.3) is 5.91 Å². The van der Waals surface area contributed by atoms with E-state index in [4.69, 9.17) is 19.9 Å². The zero-order valence-electron chi connectivity index (χ0n) is 18.5. The van der Waals surface area contributed by atoms with Crippen LogP contribution in [0.2, 0.25) is 0 Å². The number of anilines is 1. The van der Waals surface area contributed by atoms with Crippen molar-refractivity contribution in [2.24, 2.45) is 5.73 Å². The summed E-state index contributed by atoms with van der Waals surface area (Å²) >= 11 is 1.44. The zero-order chi connectivity index (χ0) is 22.8. The first-order chi connectivity index (χ1) is 14.8. The molecule has 3 rings (SSSR count). The monoisotopic (exact) mass is 446 g/mol. The van der Waals surface area contributed by atoms with Crippen molar-refractivity contribution in [3.8, 4) is 17.2 Å². The van der Waals surface area contributed by atoms with Crippen LogP contribution in [0, 0.1) is 0 Å². The lowest BCUT2D eigenvalue weighted by Crippen LogP contribution is -2.53. The number of hydrogen-bond donors (Lipinski definition) is 2. The molecule has 1 amide bonds. The molecule has 31 heavy (non-hydrogen) atoms. The number of nitrogens with zero attached hydrogens (tertiary/aromatic N) is 1. The fourth-order valence-corrected chi connectivity index (χ4v) is 5.16. The molecule has 0 fully saturated rings. The van der Waals surface area contributed by atoms with Gasteiger partial charge in [-0.25, -0.2) is 0 Å². The number of rotatable bonds is 7. The van der Waals surface area contributed by atoms with Crippen molar-refractivity contribution in [3.05, 3.63) is 42.0 Å². The highest BCUT2D eigenvalue weighted by Gasteiger charge is 2.43. The number of hydrogen-bond acceptors (Lipinski definition) is 7. The molecule has 0 saturated heterocycles. The number of aliphatic hydroxyl groups excluding tert-OH is 1. The van der Waals surface area contributed by atoms with Crippen molar-refractivity contribution in [2.75, 3.05) is 32.8 Å². The maximum absolute atomic E-state index is 13.6. The van der Waals surface area contributed by atoms with Crippen LogP contribution in [0.25, 0.3) is 0 Å². The van der Waals surface area contributed by atoms with Gasteiger partial charge in [0, 0.05) is 10.4 Å². The Bertz CT molecular complexity index is 924. The summed E-state index contributed by atoms with van der Waals surface area (Å²) in [5, 5.41) is 10.7. The molecule has 1 aliphatic heterocycles. The normalized spacial score (nSPS) is 18.9. The first-order valence-corrected chi connectivity index (χ1v) is 10.9. The molecule has 2 atom stereocenters. The second-order valence-corrected chi connectivity index (χ2v) is 9.12. The summed E-state index contributed by atoms with van der Waals surface area (Å²) in [6.45, 7) is 4.36. The van der Waals surface area contributed by atoms with Crippen LogP contribution < -0.4 is 24.8 Å². The van der Waals surface area contributed by atoms with E-state index in [9.17, 15) is 9.90 Å². The molecule has 3 N–H and O–H groups in total. The summed E-state index contributed by atoms with van der Waals surface area (Å²) in [6.07, 6.45) is -0.684.